The van der Waals surface area contributed by atoms with E-state index in [1.54, 1.807) is 28.7 Å². The number of aryl methyl sites for hydroxylation is 1. The molecule has 0 spiro atoms. The number of hydrogen-bond donors (Lipinski definition) is 1. The Kier molecular flexibility index (Phi) is 4.71. The predicted octanol–water partition coefficient (Wildman–Crippen LogP) is 2.93. The Hall–Kier alpha value is -3.39. The summed E-state index contributed by atoms with van der Waals surface area (Å²) in [6.07, 6.45) is 4.90. The van der Waals surface area contributed by atoms with Gasteiger partial charge in [-0.25, -0.2) is 4.98 Å². The molecular formula is C19H16N6OS. The molecule has 134 valence electrons. The average molecular weight is 376 g/mol. The van der Waals surface area contributed by atoms with Crippen molar-refractivity contribution in [2.45, 2.75) is 6.54 Å². The fraction of sp³-hybridized carbons (Fsp3) is 0.105. The third-order valence-electron chi connectivity index (χ3n) is 3.99. The summed E-state index contributed by atoms with van der Waals surface area (Å²) in [5, 5.41) is 9.91. The van der Waals surface area contributed by atoms with Gasteiger partial charge in [-0.3, -0.25) is 19.4 Å². The zero-order valence-corrected chi connectivity index (χ0v) is 15.3. The molecule has 4 rings (SSSR count). The lowest BCUT2D eigenvalue weighted by molar-refractivity contribution is 0.0946. The van der Waals surface area contributed by atoms with Crippen molar-refractivity contribution in [3.8, 4) is 22.0 Å². The van der Waals surface area contributed by atoms with E-state index in [1.165, 1.54) is 11.3 Å². The third kappa shape index (κ3) is 3.75. The van der Waals surface area contributed by atoms with Crippen molar-refractivity contribution in [3.63, 3.8) is 0 Å². The largest absolute Gasteiger partial charge is 0.345 e. The quantitative estimate of drug-likeness (QED) is 0.579. The van der Waals surface area contributed by atoms with Crippen molar-refractivity contribution in [2.75, 3.05) is 0 Å². The number of aromatic nitrogens is 5. The first-order valence-corrected chi connectivity index (χ1v) is 9.17. The van der Waals surface area contributed by atoms with Crippen LogP contribution in [0.3, 0.4) is 0 Å². The summed E-state index contributed by atoms with van der Waals surface area (Å²) in [7, 11) is 1.83. The Morgan fingerprint density at radius 2 is 2.04 bits per heavy atom. The summed E-state index contributed by atoms with van der Waals surface area (Å²) in [6.45, 7) is 0.348. The van der Waals surface area contributed by atoms with Crippen molar-refractivity contribution in [1.29, 1.82) is 0 Å². The molecule has 3 aromatic heterocycles. The average Bonchev–Trinajstić information content (AvgIpc) is 3.35. The highest BCUT2D eigenvalue weighted by Gasteiger charge is 2.13. The number of nitrogens with one attached hydrogen (secondary N) is 1. The monoisotopic (exact) mass is 376 g/mol. The molecular weight excluding hydrogens is 360 g/mol. The molecule has 4 aromatic rings. The van der Waals surface area contributed by atoms with Crippen LogP contribution < -0.4 is 5.32 Å². The molecule has 0 atom stereocenters. The lowest BCUT2D eigenvalue weighted by Gasteiger charge is -2.03. The van der Waals surface area contributed by atoms with Crippen LogP contribution in [0.2, 0.25) is 0 Å². The van der Waals surface area contributed by atoms with Crippen molar-refractivity contribution < 1.29 is 4.79 Å². The smallest absolute Gasteiger partial charge is 0.271 e. The van der Waals surface area contributed by atoms with E-state index in [9.17, 15) is 4.79 Å². The van der Waals surface area contributed by atoms with Crippen LogP contribution in [-0.4, -0.2) is 30.6 Å². The van der Waals surface area contributed by atoms with Crippen molar-refractivity contribution in [2.24, 2.45) is 7.05 Å². The van der Waals surface area contributed by atoms with Crippen molar-refractivity contribution >= 4 is 17.2 Å². The third-order valence-corrected chi connectivity index (χ3v) is 4.88. The topological polar surface area (TPSA) is 85.6 Å². The highest BCUT2D eigenvalue weighted by Crippen LogP contribution is 2.23. The van der Waals surface area contributed by atoms with Gasteiger partial charge in [0.15, 0.2) is 0 Å². The molecule has 3 heterocycles. The molecule has 0 fully saturated rings. The molecule has 8 heteroatoms. The number of carbonyl (C=O) groups excluding carboxylic acids is 1. The number of thiazole rings is 1. The fourth-order valence-electron chi connectivity index (χ4n) is 2.58. The number of rotatable bonds is 5. The van der Waals surface area contributed by atoms with E-state index in [1.807, 2.05) is 43.4 Å². The van der Waals surface area contributed by atoms with Crippen molar-refractivity contribution in [3.05, 3.63) is 71.8 Å². The second-order valence-corrected chi connectivity index (χ2v) is 6.68. The molecule has 0 unspecified atom stereocenters. The summed E-state index contributed by atoms with van der Waals surface area (Å²) in [4.78, 5) is 25.2. The second-order valence-electron chi connectivity index (χ2n) is 5.82. The number of nitrogens with zero attached hydrogens (tertiary/aromatic N) is 5. The molecule has 1 N–H and O–H groups in total. The van der Waals surface area contributed by atoms with E-state index in [4.69, 9.17) is 0 Å². The Balaban J connectivity index is 1.44. The van der Waals surface area contributed by atoms with Crippen LogP contribution in [-0.2, 0) is 13.6 Å². The first-order chi connectivity index (χ1) is 13.2. The maximum Gasteiger partial charge on any atom is 0.271 e. The highest BCUT2D eigenvalue weighted by molar-refractivity contribution is 7.13. The number of amides is 1. The molecule has 0 aliphatic carbocycles. The lowest BCUT2D eigenvalue weighted by atomic mass is 10.2. The van der Waals surface area contributed by atoms with E-state index < -0.39 is 0 Å². The summed E-state index contributed by atoms with van der Waals surface area (Å²) in [6, 6.07) is 11.7. The Morgan fingerprint density at radius 1 is 1.19 bits per heavy atom. The van der Waals surface area contributed by atoms with Crippen LogP contribution in [0.25, 0.3) is 22.0 Å². The van der Waals surface area contributed by atoms with E-state index in [0.717, 1.165) is 22.0 Å². The van der Waals surface area contributed by atoms with Gasteiger partial charge in [0.05, 0.1) is 18.4 Å². The molecule has 0 aliphatic heterocycles. The molecule has 1 aromatic carbocycles. The summed E-state index contributed by atoms with van der Waals surface area (Å²) in [5.74, 6) is -0.212. The number of hydrogen-bond acceptors (Lipinski definition) is 6. The Bertz CT molecular complexity index is 1060. The molecule has 0 aliphatic rings. The van der Waals surface area contributed by atoms with Gasteiger partial charge in [0, 0.05) is 30.4 Å². The second kappa shape index (κ2) is 7.46. The van der Waals surface area contributed by atoms with Crippen LogP contribution in [0.15, 0.2) is 60.4 Å². The van der Waals surface area contributed by atoms with Gasteiger partial charge in [-0.05, 0) is 6.07 Å². The minimum atomic E-state index is -0.212. The number of benzene rings is 1. The molecule has 1 amide bonds. The normalized spacial score (nSPS) is 10.7. The van der Waals surface area contributed by atoms with Crippen molar-refractivity contribution in [1.82, 2.24) is 30.0 Å². The van der Waals surface area contributed by atoms with Crippen LogP contribution in [0.5, 0.6) is 0 Å². The fourth-order valence-corrected chi connectivity index (χ4v) is 3.39. The van der Waals surface area contributed by atoms with E-state index >= 15 is 0 Å². The van der Waals surface area contributed by atoms with Gasteiger partial charge >= 0.3 is 0 Å². The predicted molar refractivity (Wildman–Crippen MR) is 103 cm³/mol. The van der Waals surface area contributed by atoms with Gasteiger partial charge in [-0.2, -0.15) is 5.10 Å². The molecule has 7 nitrogen and oxygen atoms in total. The highest BCUT2D eigenvalue weighted by atomic mass is 32.1. The van der Waals surface area contributed by atoms with E-state index in [2.05, 4.69) is 25.4 Å². The summed E-state index contributed by atoms with van der Waals surface area (Å²) in [5.41, 5.74) is 3.69. The minimum Gasteiger partial charge on any atom is -0.345 e. The van der Waals surface area contributed by atoms with Gasteiger partial charge in [-0.15, -0.1) is 11.3 Å². The number of carbonyl (C=O) groups is 1. The SMILES string of the molecule is Cn1nc(-c2cnccn2)cc1CNC(=O)c1csc(-c2ccccc2)n1. The van der Waals surface area contributed by atoms with E-state index in [0.29, 0.717) is 17.9 Å². The Labute approximate surface area is 159 Å². The molecule has 0 saturated heterocycles. The van der Waals surface area contributed by atoms with Gasteiger partial charge in [0.2, 0.25) is 0 Å². The lowest BCUT2D eigenvalue weighted by Crippen LogP contribution is -2.24. The molecule has 0 bridgehead atoms. The first kappa shape index (κ1) is 17.0. The van der Waals surface area contributed by atoms with Gasteiger partial charge < -0.3 is 5.32 Å². The standard InChI is InChI=1S/C19H16N6OS/c1-25-14(9-15(24-25)16-11-20-7-8-21-16)10-22-18(26)17-12-27-19(23-17)13-5-3-2-4-6-13/h2-9,11-12H,10H2,1H3,(H,22,26). The van der Waals surface area contributed by atoms with Crippen LogP contribution in [0.4, 0.5) is 0 Å². The zero-order valence-electron chi connectivity index (χ0n) is 14.5. The minimum absolute atomic E-state index is 0.212. The van der Waals surface area contributed by atoms with Crippen LogP contribution >= 0.6 is 11.3 Å². The van der Waals surface area contributed by atoms with Gasteiger partial charge in [-0.1, -0.05) is 30.3 Å². The van der Waals surface area contributed by atoms with E-state index in [-0.39, 0.29) is 5.91 Å². The zero-order chi connectivity index (χ0) is 18.6. The van der Waals surface area contributed by atoms with Gasteiger partial charge in [0.25, 0.3) is 5.91 Å². The molecule has 0 saturated carbocycles. The maximum absolute atomic E-state index is 12.4. The van der Waals surface area contributed by atoms with Crippen LogP contribution in [0.1, 0.15) is 16.2 Å². The Morgan fingerprint density at radius 3 is 2.81 bits per heavy atom. The van der Waals surface area contributed by atoms with Crippen LogP contribution in [0, 0.1) is 0 Å². The molecule has 0 radical (unpaired) electrons. The first-order valence-electron chi connectivity index (χ1n) is 8.29. The maximum atomic E-state index is 12.4. The summed E-state index contributed by atoms with van der Waals surface area (Å²) < 4.78 is 1.72. The van der Waals surface area contributed by atoms with Gasteiger partial charge in [0.1, 0.15) is 22.1 Å². The summed E-state index contributed by atoms with van der Waals surface area (Å²) >= 11 is 1.45. The molecule has 27 heavy (non-hydrogen) atoms.